The first-order chi connectivity index (χ1) is 31.6. The Bertz CT molecular complexity index is 3260. The van der Waals surface area contributed by atoms with Crippen LogP contribution >= 0.6 is 58.0 Å². The van der Waals surface area contributed by atoms with Crippen LogP contribution in [0.4, 0.5) is 0 Å². The van der Waals surface area contributed by atoms with E-state index < -0.39 is 0 Å². The number of pyridine rings is 3. The van der Waals surface area contributed by atoms with Crippen LogP contribution in [0.15, 0.2) is 128 Å². The van der Waals surface area contributed by atoms with E-state index in [1.807, 2.05) is 94.7 Å². The first-order valence-electron chi connectivity index (χ1n) is 20.9. The number of benzene rings is 3. The van der Waals surface area contributed by atoms with E-state index in [0.717, 1.165) is 86.6 Å². The lowest BCUT2D eigenvalue weighted by atomic mass is 10.1. The molecule has 12 rings (SSSR count). The van der Waals surface area contributed by atoms with Gasteiger partial charge in [-0.2, -0.15) is 0 Å². The van der Waals surface area contributed by atoms with Crippen molar-refractivity contribution in [3.05, 3.63) is 193 Å². The van der Waals surface area contributed by atoms with Gasteiger partial charge in [-0.3, -0.25) is 4.98 Å². The van der Waals surface area contributed by atoms with Crippen molar-refractivity contribution in [2.24, 2.45) is 0 Å². The summed E-state index contributed by atoms with van der Waals surface area (Å²) in [5.41, 5.74) is 14.4. The van der Waals surface area contributed by atoms with Crippen molar-refractivity contribution in [1.29, 1.82) is 0 Å². The Morgan fingerprint density at radius 2 is 1.00 bits per heavy atom. The minimum absolute atomic E-state index is 0.677. The second-order valence-electron chi connectivity index (χ2n) is 15.9. The predicted molar refractivity (Wildman–Crippen MR) is 281 cm³/mol. The number of hydrogen-bond donors (Lipinski definition) is 6. The molecule has 0 aliphatic carbocycles. The standard InChI is InChI=1S/C10H11N.2C9H8ClN.3C8H7ClN2/c1-7-3-4-9-8(2)6-11-10(9)5-7;1-6-4-7-5-8(10)2-3-9(7)11-6;1-6-2-3-9-7(4-6)8(10)5-11-9;1-5-2-8-6(3-10-5)7(9)4-11-8;1-5-2-6-3-7(9)4-10-8(6)11-5;1-5-2-3-6-7(9)4-10-8(6)11-5/h3-6,11H,1-2H3;2*2-5,11H,1H3;2-4,11H,1H3;2*2-4H,1H3,(H,10,11). The number of nitrogens with one attached hydrogen (secondary N) is 6. The largest absolute Gasteiger partial charge is 0.361 e. The van der Waals surface area contributed by atoms with Gasteiger partial charge in [-0.05, 0) is 132 Å². The topological polar surface area (TPSA) is 133 Å². The van der Waals surface area contributed by atoms with Gasteiger partial charge in [0.15, 0.2) is 0 Å². The zero-order chi connectivity index (χ0) is 47.1. The highest BCUT2D eigenvalue weighted by molar-refractivity contribution is 6.36. The van der Waals surface area contributed by atoms with Crippen molar-refractivity contribution in [3.63, 3.8) is 0 Å². The second-order valence-corrected chi connectivity index (χ2v) is 18.0. The number of rotatable bonds is 0. The Morgan fingerprint density at radius 1 is 0.394 bits per heavy atom. The third-order valence-electron chi connectivity index (χ3n) is 10.4. The molecule has 0 bridgehead atoms. The molecule has 0 aliphatic rings. The van der Waals surface area contributed by atoms with E-state index in [-0.39, 0.29) is 0 Å². The summed E-state index contributed by atoms with van der Waals surface area (Å²) < 4.78 is 0. The summed E-state index contributed by atoms with van der Waals surface area (Å²) in [6, 6.07) is 30.4. The third kappa shape index (κ3) is 12.2. The zero-order valence-electron chi connectivity index (χ0n) is 37.4. The van der Waals surface area contributed by atoms with E-state index in [2.05, 4.69) is 102 Å². The van der Waals surface area contributed by atoms with Crippen molar-refractivity contribution in [1.82, 2.24) is 44.9 Å². The summed E-state index contributed by atoms with van der Waals surface area (Å²) in [6.07, 6.45) is 10.8. The van der Waals surface area contributed by atoms with Crippen LogP contribution in [0, 0.1) is 48.5 Å². The van der Waals surface area contributed by atoms with Crippen molar-refractivity contribution >= 4 is 124 Å². The first kappa shape index (κ1) is 47.8. The van der Waals surface area contributed by atoms with Gasteiger partial charge >= 0.3 is 0 Å². The molecule has 14 heteroatoms. The molecule has 0 radical (unpaired) electrons. The number of fused-ring (bicyclic) bond motifs is 6. The highest BCUT2D eigenvalue weighted by atomic mass is 35.5. The molecule has 0 atom stereocenters. The summed E-state index contributed by atoms with van der Waals surface area (Å²) in [6.45, 7) is 14.2. The maximum Gasteiger partial charge on any atom is 0.139 e. The summed E-state index contributed by atoms with van der Waals surface area (Å²) in [5.74, 6) is 0. The third-order valence-corrected chi connectivity index (χ3v) is 11.8. The molecule has 66 heavy (non-hydrogen) atoms. The van der Waals surface area contributed by atoms with E-state index in [9.17, 15) is 0 Å². The number of aromatic nitrogens is 9. The Labute approximate surface area is 407 Å². The van der Waals surface area contributed by atoms with E-state index in [0.29, 0.717) is 5.02 Å². The molecule has 0 saturated heterocycles. The molecule has 0 spiro atoms. The maximum atomic E-state index is 5.91. The smallest absolute Gasteiger partial charge is 0.139 e. The van der Waals surface area contributed by atoms with Crippen LogP contribution in [-0.4, -0.2) is 44.9 Å². The molecule has 9 aromatic heterocycles. The van der Waals surface area contributed by atoms with E-state index in [1.54, 1.807) is 24.8 Å². The van der Waals surface area contributed by atoms with E-state index in [1.165, 1.54) is 38.7 Å². The monoisotopic (exact) mass is 973 g/mol. The van der Waals surface area contributed by atoms with Gasteiger partial charge in [-0.15, -0.1) is 0 Å². The Morgan fingerprint density at radius 3 is 1.80 bits per heavy atom. The van der Waals surface area contributed by atoms with Gasteiger partial charge < -0.3 is 29.9 Å². The predicted octanol–water partition coefficient (Wildman–Crippen LogP) is 16.6. The van der Waals surface area contributed by atoms with Crippen molar-refractivity contribution < 1.29 is 0 Å². The Balaban J connectivity index is 0.000000118. The molecule has 6 N–H and O–H groups in total. The lowest BCUT2D eigenvalue weighted by Gasteiger charge is -1.92. The van der Waals surface area contributed by atoms with Crippen LogP contribution in [-0.2, 0) is 0 Å². The fraction of sp³-hybridized carbons (Fsp3) is 0.135. The number of H-pyrrole nitrogens is 6. The molecular formula is C52H48Cl5N9. The lowest BCUT2D eigenvalue weighted by molar-refractivity contribution is 1.22. The molecule has 0 aliphatic heterocycles. The van der Waals surface area contributed by atoms with Gasteiger partial charge in [0.25, 0.3) is 0 Å². The van der Waals surface area contributed by atoms with Crippen LogP contribution in [0.3, 0.4) is 0 Å². The Hall–Kier alpha value is -6.20. The molecule has 3 aromatic carbocycles. The molecule has 0 unspecified atom stereocenters. The van der Waals surface area contributed by atoms with Gasteiger partial charge in [0.05, 0.1) is 25.6 Å². The number of aromatic amines is 6. The van der Waals surface area contributed by atoms with Crippen LogP contribution in [0.5, 0.6) is 0 Å². The SMILES string of the molecule is Cc1cc2[nH]cc(Cl)c2cn1.Cc1cc2cc(Cl)ccc2[nH]1.Cc1cc2cc(Cl)cnc2[nH]1.Cc1ccc2[nH]cc(Cl)c2c1.Cc1ccc2c(C)c[nH]c2c1.Cc1ccc2c(Cl)c[nH]c2n1. The number of hydrogen-bond acceptors (Lipinski definition) is 3. The maximum absolute atomic E-state index is 5.91. The molecule has 12 aromatic rings. The molecule has 0 amide bonds. The van der Waals surface area contributed by atoms with Gasteiger partial charge in [-0.1, -0.05) is 81.8 Å². The lowest BCUT2D eigenvalue weighted by Crippen LogP contribution is -1.79. The van der Waals surface area contributed by atoms with Crippen LogP contribution < -0.4 is 0 Å². The number of aryl methyl sites for hydroxylation is 7. The second kappa shape index (κ2) is 21.4. The molecule has 0 fully saturated rings. The average Bonchev–Trinajstić information content (AvgIpc) is 4.15. The van der Waals surface area contributed by atoms with E-state index in [4.69, 9.17) is 58.0 Å². The fourth-order valence-electron chi connectivity index (χ4n) is 7.12. The number of halogens is 5. The minimum atomic E-state index is 0.677. The summed E-state index contributed by atoms with van der Waals surface area (Å²) in [7, 11) is 0. The number of nitrogens with zero attached hydrogens (tertiary/aromatic N) is 3. The van der Waals surface area contributed by atoms with Gasteiger partial charge in [0.2, 0.25) is 0 Å². The fourth-order valence-corrected chi connectivity index (χ4v) is 8.09. The zero-order valence-corrected chi connectivity index (χ0v) is 41.1. The molecular weight excluding hydrogens is 928 g/mol. The Kier molecular flexibility index (Phi) is 15.5. The summed E-state index contributed by atoms with van der Waals surface area (Å²) in [4.78, 5) is 31.2. The average molecular weight is 976 g/mol. The van der Waals surface area contributed by atoms with Gasteiger partial charge in [-0.25, -0.2) is 9.97 Å². The van der Waals surface area contributed by atoms with Gasteiger partial charge in [0, 0.05) is 114 Å². The molecule has 9 heterocycles. The van der Waals surface area contributed by atoms with Crippen LogP contribution in [0.2, 0.25) is 25.1 Å². The van der Waals surface area contributed by atoms with E-state index >= 15 is 0 Å². The quantitative estimate of drug-likeness (QED) is 0.0904. The molecule has 0 saturated carbocycles. The van der Waals surface area contributed by atoms with Crippen LogP contribution in [0.1, 0.15) is 39.5 Å². The van der Waals surface area contributed by atoms with Crippen molar-refractivity contribution in [2.75, 3.05) is 0 Å². The minimum Gasteiger partial charge on any atom is -0.361 e. The van der Waals surface area contributed by atoms with Crippen molar-refractivity contribution in [3.8, 4) is 0 Å². The summed E-state index contributed by atoms with van der Waals surface area (Å²) in [5, 5.41) is 10.4. The van der Waals surface area contributed by atoms with Crippen molar-refractivity contribution in [2.45, 2.75) is 48.5 Å². The highest BCUT2D eigenvalue weighted by Crippen LogP contribution is 2.25. The normalized spacial score (nSPS) is 10.7. The molecule has 9 nitrogen and oxygen atoms in total. The van der Waals surface area contributed by atoms with Gasteiger partial charge in [0.1, 0.15) is 11.3 Å². The molecule has 336 valence electrons. The summed E-state index contributed by atoms with van der Waals surface area (Å²) >= 11 is 29.2. The first-order valence-corrected chi connectivity index (χ1v) is 22.8. The highest BCUT2D eigenvalue weighted by Gasteiger charge is 2.03. The van der Waals surface area contributed by atoms with Crippen LogP contribution in [0.25, 0.3) is 65.7 Å².